The largest absolute Gasteiger partial charge is 0.543 e. The van der Waals surface area contributed by atoms with Gasteiger partial charge in [-0.3, -0.25) is 5.32 Å². The van der Waals surface area contributed by atoms with Crippen molar-refractivity contribution in [2.75, 3.05) is 5.32 Å². The molecular weight excluding hydrogens is 294 g/mol. The number of carbonyl (C=O) groups is 1. The zero-order valence-corrected chi connectivity index (χ0v) is 14.7. The highest BCUT2D eigenvalue weighted by Gasteiger charge is 2.39. The van der Waals surface area contributed by atoms with Crippen LogP contribution in [0.2, 0.25) is 18.1 Å². The third-order valence-corrected chi connectivity index (χ3v) is 8.61. The summed E-state index contributed by atoms with van der Waals surface area (Å²) in [5.41, 5.74) is 0.560. The molecule has 0 aliphatic rings. The van der Waals surface area contributed by atoms with Gasteiger partial charge >= 0.3 is 6.09 Å². The topological polar surface area (TPSA) is 58.6 Å². The van der Waals surface area contributed by atoms with Crippen molar-refractivity contribution >= 4 is 30.9 Å². The predicted molar refractivity (Wildman–Crippen MR) is 93.4 cm³/mol. The maximum Gasteiger partial charge on any atom is 0.409 e. The number of nitrogens with one attached hydrogen (secondary N) is 1. The molecule has 0 aromatic heterocycles. The van der Waals surface area contributed by atoms with Crippen molar-refractivity contribution in [2.45, 2.75) is 38.9 Å². The minimum absolute atomic E-state index is 0.125. The smallest absolute Gasteiger partial charge is 0.409 e. The van der Waals surface area contributed by atoms with E-state index < -0.39 is 14.4 Å². The molecule has 0 aliphatic heterocycles. The fourth-order valence-electron chi connectivity index (χ4n) is 1.97. The minimum Gasteiger partial charge on any atom is -0.543 e. The molecule has 1 amide bonds. The average Bonchev–Trinajstić information content (AvgIpc) is 2.36. The van der Waals surface area contributed by atoms with Gasteiger partial charge in [-0.2, -0.15) is 0 Å². The van der Waals surface area contributed by atoms with Gasteiger partial charge in [-0.05, 0) is 47.8 Å². The van der Waals surface area contributed by atoms with Gasteiger partial charge in [0.05, 0.1) is 0 Å². The summed E-state index contributed by atoms with van der Waals surface area (Å²) in [5.74, 6) is 0.867. The van der Waals surface area contributed by atoms with Crippen molar-refractivity contribution in [2.24, 2.45) is 0 Å². The SMILES string of the molecule is CC(C)(C)[Si](C)(C)Oc1cccc2cc(NC(=O)O)ccc12. The highest BCUT2D eigenvalue weighted by atomic mass is 28.4. The number of rotatable bonds is 3. The lowest BCUT2D eigenvalue weighted by Crippen LogP contribution is -2.43. The molecule has 0 saturated carbocycles. The monoisotopic (exact) mass is 317 g/mol. The van der Waals surface area contributed by atoms with Gasteiger partial charge in [0.25, 0.3) is 8.32 Å². The lowest BCUT2D eigenvalue weighted by Gasteiger charge is -2.36. The molecule has 0 aliphatic carbocycles. The molecule has 2 rings (SSSR count). The van der Waals surface area contributed by atoms with Crippen molar-refractivity contribution in [3.8, 4) is 5.75 Å². The first-order valence-corrected chi connectivity index (χ1v) is 10.2. The second-order valence-electron chi connectivity index (χ2n) is 6.98. The van der Waals surface area contributed by atoms with Crippen LogP contribution in [-0.2, 0) is 0 Å². The zero-order chi connectivity index (χ0) is 16.5. The van der Waals surface area contributed by atoms with Crippen molar-refractivity contribution in [1.82, 2.24) is 0 Å². The van der Waals surface area contributed by atoms with E-state index in [9.17, 15) is 4.79 Å². The van der Waals surface area contributed by atoms with Crippen LogP contribution < -0.4 is 9.74 Å². The Balaban J connectivity index is 2.42. The fourth-order valence-corrected chi connectivity index (χ4v) is 3.01. The maximum atomic E-state index is 10.7. The molecule has 4 nitrogen and oxygen atoms in total. The average molecular weight is 317 g/mol. The van der Waals surface area contributed by atoms with Gasteiger partial charge in [0.1, 0.15) is 5.75 Å². The molecule has 2 aromatic rings. The Kier molecular flexibility index (Phi) is 4.20. The van der Waals surface area contributed by atoms with Gasteiger partial charge in [-0.1, -0.05) is 32.9 Å². The van der Waals surface area contributed by atoms with Crippen LogP contribution in [0.25, 0.3) is 10.8 Å². The van der Waals surface area contributed by atoms with E-state index in [1.807, 2.05) is 30.3 Å². The Hall–Kier alpha value is -2.01. The Morgan fingerprint density at radius 3 is 2.45 bits per heavy atom. The molecule has 22 heavy (non-hydrogen) atoms. The molecule has 0 unspecified atom stereocenters. The number of amides is 1. The van der Waals surface area contributed by atoms with E-state index in [2.05, 4.69) is 39.2 Å². The number of anilines is 1. The van der Waals surface area contributed by atoms with Crippen molar-refractivity contribution in [1.29, 1.82) is 0 Å². The normalized spacial score (nSPS) is 12.2. The summed E-state index contributed by atoms with van der Waals surface area (Å²) in [6.45, 7) is 11.1. The van der Waals surface area contributed by atoms with Gasteiger partial charge in [-0.25, -0.2) is 4.79 Å². The second kappa shape index (κ2) is 5.65. The molecule has 0 saturated heterocycles. The zero-order valence-electron chi connectivity index (χ0n) is 13.7. The van der Waals surface area contributed by atoms with Crippen LogP contribution in [0.1, 0.15) is 20.8 Å². The van der Waals surface area contributed by atoms with Crippen molar-refractivity contribution < 1.29 is 14.3 Å². The summed E-state index contributed by atoms with van der Waals surface area (Å²) in [6, 6.07) is 11.4. The Morgan fingerprint density at radius 1 is 1.18 bits per heavy atom. The third kappa shape index (κ3) is 3.41. The Morgan fingerprint density at radius 2 is 1.86 bits per heavy atom. The van der Waals surface area contributed by atoms with Gasteiger partial charge in [-0.15, -0.1) is 0 Å². The number of fused-ring (bicyclic) bond motifs is 1. The van der Waals surface area contributed by atoms with Crippen LogP contribution >= 0.6 is 0 Å². The molecule has 0 fully saturated rings. The van der Waals surface area contributed by atoms with Crippen molar-refractivity contribution in [3.05, 3.63) is 36.4 Å². The number of hydrogen-bond acceptors (Lipinski definition) is 2. The molecule has 0 radical (unpaired) electrons. The number of benzene rings is 2. The molecular formula is C17H23NO3Si. The van der Waals surface area contributed by atoms with Gasteiger partial charge in [0, 0.05) is 11.1 Å². The summed E-state index contributed by atoms with van der Waals surface area (Å²) in [5, 5.41) is 13.3. The third-order valence-electron chi connectivity index (χ3n) is 4.26. The van der Waals surface area contributed by atoms with E-state index in [1.165, 1.54) is 0 Å². The summed E-state index contributed by atoms with van der Waals surface area (Å²) >= 11 is 0. The quantitative estimate of drug-likeness (QED) is 0.754. The summed E-state index contributed by atoms with van der Waals surface area (Å²) in [7, 11) is -1.91. The molecule has 5 heteroatoms. The molecule has 2 aromatic carbocycles. The van der Waals surface area contributed by atoms with E-state index >= 15 is 0 Å². The highest BCUT2D eigenvalue weighted by molar-refractivity contribution is 6.74. The number of hydrogen-bond donors (Lipinski definition) is 2. The molecule has 0 heterocycles. The first-order chi connectivity index (χ1) is 10.1. The van der Waals surface area contributed by atoms with Crippen LogP contribution in [-0.4, -0.2) is 19.5 Å². The summed E-state index contributed by atoms with van der Waals surface area (Å²) in [6.07, 6.45) is -1.06. The lowest BCUT2D eigenvalue weighted by atomic mass is 10.1. The molecule has 0 atom stereocenters. The van der Waals surface area contributed by atoms with E-state index in [0.29, 0.717) is 5.69 Å². The van der Waals surface area contributed by atoms with E-state index in [1.54, 1.807) is 6.07 Å². The molecule has 118 valence electrons. The van der Waals surface area contributed by atoms with Crippen LogP contribution in [0.3, 0.4) is 0 Å². The maximum absolute atomic E-state index is 10.7. The van der Waals surface area contributed by atoms with E-state index in [4.69, 9.17) is 9.53 Å². The van der Waals surface area contributed by atoms with Crippen molar-refractivity contribution in [3.63, 3.8) is 0 Å². The second-order valence-corrected chi connectivity index (χ2v) is 11.7. The standard InChI is InChI=1S/C17H23NO3Si/c1-17(2,3)22(4,5)21-15-8-6-7-12-11-13(18-16(19)20)9-10-14(12)15/h6-11,18H,1-5H3,(H,19,20). The van der Waals surface area contributed by atoms with Gasteiger partial charge in [0.15, 0.2) is 0 Å². The van der Waals surface area contributed by atoms with Crippen LogP contribution in [0.15, 0.2) is 36.4 Å². The minimum atomic E-state index is -1.91. The Bertz CT molecular complexity index is 705. The first kappa shape index (κ1) is 16.4. The van der Waals surface area contributed by atoms with Crippen LogP contribution in [0.4, 0.5) is 10.5 Å². The van der Waals surface area contributed by atoms with Gasteiger partial charge < -0.3 is 9.53 Å². The first-order valence-electron chi connectivity index (χ1n) is 7.32. The van der Waals surface area contributed by atoms with Crippen LogP contribution in [0.5, 0.6) is 5.75 Å². The van der Waals surface area contributed by atoms with E-state index in [0.717, 1.165) is 16.5 Å². The van der Waals surface area contributed by atoms with Crippen LogP contribution in [0, 0.1) is 0 Å². The summed E-state index contributed by atoms with van der Waals surface area (Å²) in [4.78, 5) is 10.7. The fraction of sp³-hybridized carbons (Fsp3) is 0.353. The molecule has 0 bridgehead atoms. The lowest BCUT2D eigenvalue weighted by molar-refractivity contribution is 0.210. The van der Waals surface area contributed by atoms with Gasteiger partial charge in [0.2, 0.25) is 0 Å². The highest BCUT2D eigenvalue weighted by Crippen LogP contribution is 2.39. The van der Waals surface area contributed by atoms with E-state index in [-0.39, 0.29) is 5.04 Å². The Labute approximate surface area is 132 Å². The number of carboxylic acid groups (broad SMARTS) is 1. The molecule has 0 spiro atoms. The predicted octanol–water partition coefficient (Wildman–Crippen LogP) is 5.31. The molecule has 2 N–H and O–H groups in total. The summed E-state index contributed by atoms with van der Waals surface area (Å²) < 4.78 is 6.40.